The lowest BCUT2D eigenvalue weighted by Gasteiger charge is -2.15. The van der Waals surface area contributed by atoms with E-state index in [2.05, 4.69) is 11.4 Å². The van der Waals surface area contributed by atoms with Gasteiger partial charge in [0, 0.05) is 11.3 Å². The number of alkyl carbamates (subject to hydrolysis) is 1. The van der Waals surface area contributed by atoms with Crippen molar-refractivity contribution in [1.82, 2.24) is 5.32 Å². The molecule has 1 amide bonds. The average Bonchev–Trinajstić information content (AvgIpc) is 2.74. The number of methoxy groups -OCH3 is 1. The zero-order chi connectivity index (χ0) is 21.1. The number of nitrogens with one attached hydrogen (secondary N) is 1. The number of ether oxygens (including phenoxy) is 2. The summed E-state index contributed by atoms with van der Waals surface area (Å²) in [6.45, 7) is 0.0722. The third-order valence-corrected chi connectivity index (χ3v) is 5.06. The monoisotopic (exact) mass is 414 g/mol. The maximum Gasteiger partial charge on any atom is 0.408 e. The molecule has 0 aromatic heterocycles. The van der Waals surface area contributed by atoms with Crippen LogP contribution in [0.15, 0.2) is 48.5 Å². The summed E-state index contributed by atoms with van der Waals surface area (Å²) in [7, 11) is 1.56. The largest absolute Gasteiger partial charge is 0.496 e. The van der Waals surface area contributed by atoms with E-state index in [0.29, 0.717) is 22.8 Å². The first kappa shape index (κ1) is 22.1. The number of carbonyl (C=O) groups excluding carboxylic acids is 1. The van der Waals surface area contributed by atoms with Gasteiger partial charge in [0.15, 0.2) is 0 Å². The van der Waals surface area contributed by atoms with Crippen LogP contribution < -0.4 is 10.1 Å². The molecule has 8 heteroatoms. The lowest BCUT2D eigenvalue weighted by atomic mass is 10.1. The Morgan fingerprint density at radius 2 is 2.00 bits per heavy atom. The van der Waals surface area contributed by atoms with Crippen molar-refractivity contribution in [2.45, 2.75) is 24.8 Å². The van der Waals surface area contributed by atoms with Crippen LogP contribution in [0.25, 0.3) is 0 Å². The van der Waals surface area contributed by atoms with Crippen molar-refractivity contribution in [3.8, 4) is 11.8 Å². The van der Waals surface area contributed by atoms with E-state index in [-0.39, 0.29) is 13.0 Å². The lowest BCUT2D eigenvalue weighted by molar-refractivity contribution is -0.139. The number of aliphatic carboxylic acids is 1. The van der Waals surface area contributed by atoms with Crippen LogP contribution in [0, 0.1) is 11.3 Å². The van der Waals surface area contributed by atoms with Crippen molar-refractivity contribution in [1.29, 1.82) is 5.26 Å². The van der Waals surface area contributed by atoms with Crippen LogP contribution in [0.5, 0.6) is 5.75 Å². The first-order valence-corrected chi connectivity index (χ1v) is 10.0. The predicted molar refractivity (Wildman–Crippen MR) is 110 cm³/mol. The molecule has 0 aliphatic rings. The van der Waals surface area contributed by atoms with E-state index in [0.717, 1.165) is 11.1 Å². The molecule has 2 aromatic rings. The third kappa shape index (κ3) is 7.39. The standard InChI is InChI=1S/C21H22N2O5S/c1-27-19-8-7-16(12-22)11-17(19)14-29-10-9-18(20(24)25)23-21(26)28-13-15-5-3-2-4-6-15/h2-8,11,18H,9-10,13-14H2,1H3,(H,23,26)(H,24,25). The number of hydrogen-bond acceptors (Lipinski definition) is 6. The fourth-order valence-corrected chi connectivity index (χ4v) is 3.50. The molecule has 2 aromatic carbocycles. The van der Waals surface area contributed by atoms with Crippen molar-refractivity contribution in [2.24, 2.45) is 0 Å². The highest BCUT2D eigenvalue weighted by Gasteiger charge is 2.20. The first-order valence-electron chi connectivity index (χ1n) is 8.88. The average molecular weight is 414 g/mol. The van der Waals surface area contributed by atoms with Gasteiger partial charge in [0.25, 0.3) is 0 Å². The highest BCUT2D eigenvalue weighted by Crippen LogP contribution is 2.25. The minimum atomic E-state index is -1.12. The number of nitriles is 1. The quantitative estimate of drug-likeness (QED) is 0.572. The zero-order valence-corrected chi connectivity index (χ0v) is 16.8. The highest BCUT2D eigenvalue weighted by atomic mass is 32.2. The van der Waals surface area contributed by atoms with Gasteiger partial charge in [0.2, 0.25) is 0 Å². The summed E-state index contributed by atoms with van der Waals surface area (Å²) < 4.78 is 10.4. The second-order valence-corrected chi connectivity index (χ2v) is 7.18. The van der Waals surface area contributed by atoms with Gasteiger partial charge < -0.3 is 19.9 Å². The topological polar surface area (TPSA) is 109 Å². The Morgan fingerprint density at radius 3 is 2.66 bits per heavy atom. The molecule has 152 valence electrons. The van der Waals surface area contributed by atoms with Crippen LogP contribution in [0.4, 0.5) is 4.79 Å². The van der Waals surface area contributed by atoms with Crippen LogP contribution in [0.2, 0.25) is 0 Å². The maximum atomic E-state index is 11.9. The molecular formula is C21H22N2O5S. The summed E-state index contributed by atoms with van der Waals surface area (Å²) in [6, 6.07) is 15.3. The van der Waals surface area contributed by atoms with Gasteiger partial charge in [-0.3, -0.25) is 0 Å². The fraction of sp³-hybridized carbons (Fsp3) is 0.286. The van der Waals surface area contributed by atoms with E-state index in [1.54, 1.807) is 25.3 Å². The molecule has 7 nitrogen and oxygen atoms in total. The second kappa shape index (κ2) is 11.6. The normalized spacial score (nSPS) is 11.2. The SMILES string of the molecule is COc1ccc(C#N)cc1CSCCC(NC(=O)OCc1ccccc1)C(=O)O. The predicted octanol–water partition coefficient (Wildman–Crippen LogP) is 3.57. The number of carbonyl (C=O) groups is 2. The van der Waals surface area contributed by atoms with Gasteiger partial charge in [-0.05, 0) is 35.9 Å². The molecule has 0 saturated carbocycles. The van der Waals surface area contributed by atoms with Crippen molar-refractivity contribution in [2.75, 3.05) is 12.9 Å². The highest BCUT2D eigenvalue weighted by molar-refractivity contribution is 7.98. The number of benzene rings is 2. The minimum Gasteiger partial charge on any atom is -0.496 e. The van der Waals surface area contributed by atoms with E-state index in [4.69, 9.17) is 14.7 Å². The third-order valence-electron chi connectivity index (χ3n) is 4.02. The summed E-state index contributed by atoms with van der Waals surface area (Å²) >= 11 is 1.49. The summed E-state index contributed by atoms with van der Waals surface area (Å²) in [4.78, 5) is 23.3. The van der Waals surface area contributed by atoms with Crippen molar-refractivity contribution >= 4 is 23.8 Å². The van der Waals surface area contributed by atoms with Gasteiger partial charge in [0.1, 0.15) is 18.4 Å². The molecule has 1 unspecified atom stereocenters. The minimum absolute atomic E-state index is 0.0722. The summed E-state index contributed by atoms with van der Waals surface area (Å²) in [5, 5.41) is 20.7. The van der Waals surface area contributed by atoms with Crippen LogP contribution >= 0.6 is 11.8 Å². The van der Waals surface area contributed by atoms with Gasteiger partial charge in [0.05, 0.1) is 18.7 Å². The van der Waals surface area contributed by atoms with Gasteiger partial charge >= 0.3 is 12.1 Å². The molecule has 0 saturated heterocycles. The van der Waals surface area contributed by atoms with Crippen LogP contribution in [0.3, 0.4) is 0 Å². The van der Waals surface area contributed by atoms with E-state index in [9.17, 15) is 14.7 Å². The molecule has 29 heavy (non-hydrogen) atoms. The zero-order valence-electron chi connectivity index (χ0n) is 16.0. The molecule has 0 bridgehead atoms. The summed E-state index contributed by atoms with van der Waals surface area (Å²) in [6.07, 6.45) is -0.532. The van der Waals surface area contributed by atoms with E-state index in [1.165, 1.54) is 11.8 Å². The molecule has 0 heterocycles. The van der Waals surface area contributed by atoms with Gasteiger partial charge in [-0.15, -0.1) is 0 Å². The van der Waals surface area contributed by atoms with Crippen LogP contribution in [-0.4, -0.2) is 36.1 Å². The van der Waals surface area contributed by atoms with E-state index >= 15 is 0 Å². The van der Waals surface area contributed by atoms with Gasteiger partial charge in [-0.1, -0.05) is 30.3 Å². The molecular weight excluding hydrogens is 392 g/mol. The molecule has 1 atom stereocenters. The van der Waals surface area contributed by atoms with E-state index < -0.39 is 18.1 Å². The molecule has 0 aliphatic heterocycles. The summed E-state index contributed by atoms with van der Waals surface area (Å²) in [5.74, 6) is 0.611. The number of nitrogens with zero attached hydrogens (tertiary/aromatic N) is 1. The number of amides is 1. The Kier molecular flexibility index (Phi) is 8.86. The number of thioether (sulfide) groups is 1. The fourth-order valence-electron chi connectivity index (χ4n) is 2.51. The Balaban J connectivity index is 1.80. The van der Waals surface area contributed by atoms with Crippen molar-refractivity contribution in [3.05, 3.63) is 65.2 Å². The molecule has 2 rings (SSSR count). The molecule has 0 spiro atoms. The van der Waals surface area contributed by atoms with Crippen molar-refractivity contribution in [3.63, 3.8) is 0 Å². The maximum absolute atomic E-state index is 11.9. The molecule has 2 N–H and O–H groups in total. The Morgan fingerprint density at radius 1 is 1.24 bits per heavy atom. The first-order chi connectivity index (χ1) is 14.0. The lowest BCUT2D eigenvalue weighted by Crippen LogP contribution is -2.41. The molecule has 0 radical (unpaired) electrons. The number of rotatable bonds is 10. The Hall–Kier alpha value is -3.18. The number of carboxylic acids is 1. The van der Waals surface area contributed by atoms with Gasteiger partial charge in [-0.25, -0.2) is 9.59 Å². The Labute approximate surface area is 173 Å². The number of carboxylic acid groups (broad SMARTS) is 1. The van der Waals surface area contributed by atoms with E-state index in [1.807, 2.05) is 30.3 Å². The summed E-state index contributed by atoms with van der Waals surface area (Å²) in [5.41, 5.74) is 2.21. The van der Waals surface area contributed by atoms with Crippen LogP contribution in [0.1, 0.15) is 23.1 Å². The van der Waals surface area contributed by atoms with Gasteiger partial charge in [-0.2, -0.15) is 17.0 Å². The molecule has 0 aliphatic carbocycles. The Bertz CT molecular complexity index is 867. The number of hydrogen-bond donors (Lipinski definition) is 2. The smallest absolute Gasteiger partial charge is 0.408 e. The van der Waals surface area contributed by atoms with Crippen LogP contribution in [-0.2, 0) is 21.9 Å². The van der Waals surface area contributed by atoms with Crippen molar-refractivity contribution < 1.29 is 24.2 Å². The molecule has 0 fully saturated rings. The second-order valence-electron chi connectivity index (χ2n) is 6.08.